The van der Waals surface area contributed by atoms with Gasteiger partial charge in [0.1, 0.15) is 11.3 Å². The molecule has 0 saturated carbocycles. The Morgan fingerprint density at radius 3 is 2.80 bits per heavy atom. The van der Waals surface area contributed by atoms with Gasteiger partial charge in [-0.1, -0.05) is 22.9 Å². The van der Waals surface area contributed by atoms with Gasteiger partial charge in [-0.15, -0.1) is 0 Å². The minimum Gasteiger partial charge on any atom is -0.480 e. The third-order valence-corrected chi connectivity index (χ3v) is 4.04. The van der Waals surface area contributed by atoms with E-state index in [0.717, 1.165) is 16.3 Å². The number of carboxylic acid groups (broad SMARTS) is 1. The number of hydrogen-bond acceptors (Lipinski definition) is 3. The average Bonchev–Trinajstić information content (AvgIpc) is 2.81. The van der Waals surface area contributed by atoms with Crippen molar-refractivity contribution in [3.05, 3.63) is 34.5 Å². The molecule has 2 rings (SSSR count). The third-order valence-electron chi connectivity index (χ3n) is 3.55. The second kappa shape index (κ2) is 5.58. The largest absolute Gasteiger partial charge is 0.480 e. The van der Waals surface area contributed by atoms with E-state index in [1.807, 2.05) is 32.0 Å². The van der Waals surface area contributed by atoms with Gasteiger partial charge in [0.25, 0.3) is 0 Å². The number of rotatable bonds is 5. The van der Waals surface area contributed by atoms with Crippen LogP contribution in [0.2, 0.25) is 0 Å². The quantitative estimate of drug-likeness (QED) is 0.867. The lowest BCUT2D eigenvalue weighted by Gasteiger charge is -2.27. The minimum absolute atomic E-state index is 0.0797. The van der Waals surface area contributed by atoms with Crippen molar-refractivity contribution in [3.63, 3.8) is 0 Å². The molecule has 0 aliphatic rings. The maximum absolute atomic E-state index is 11.7. The van der Waals surface area contributed by atoms with Crippen LogP contribution >= 0.6 is 15.9 Å². The summed E-state index contributed by atoms with van der Waals surface area (Å²) in [6.07, 6.45) is 0.842. The van der Waals surface area contributed by atoms with Crippen molar-refractivity contribution in [1.82, 2.24) is 5.32 Å². The molecule has 0 aliphatic carbocycles. The second-order valence-electron chi connectivity index (χ2n) is 5.18. The van der Waals surface area contributed by atoms with Gasteiger partial charge in [-0.2, -0.15) is 0 Å². The zero-order chi connectivity index (χ0) is 14.9. The number of furan rings is 1. The van der Waals surface area contributed by atoms with E-state index in [-0.39, 0.29) is 6.04 Å². The van der Waals surface area contributed by atoms with Crippen LogP contribution < -0.4 is 5.32 Å². The number of nitrogens with one attached hydrogen (secondary N) is 1. The fraction of sp³-hybridized carbons (Fsp3) is 0.400. The summed E-state index contributed by atoms with van der Waals surface area (Å²) in [5.41, 5.74) is -0.553. The third kappa shape index (κ3) is 2.74. The summed E-state index contributed by atoms with van der Waals surface area (Å²) in [5, 5.41) is 13.6. The molecule has 1 aromatic carbocycles. The molecule has 4 nitrogen and oxygen atoms in total. The second-order valence-corrected chi connectivity index (χ2v) is 6.09. The van der Waals surface area contributed by atoms with E-state index in [1.165, 1.54) is 0 Å². The first-order valence-corrected chi connectivity index (χ1v) is 7.36. The number of aliphatic carboxylic acids is 1. The molecule has 2 aromatic rings. The Morgan fingerprint density at radius 2 is 2.20 bits per heavy atom. The topological polar surface area (TPSA) is 62.5 Å². The monoisotopic (exact) mass is 339 g/mol. The Hall–Kier alpha value is -1.33. The first-order chi connectivity index (χ1) is 9.36. The summed E-state index contributed by atoms with van der Waals surface area (Å²) in [5.74, 6) is -0.533. The minimum atomic E-state index is -1.24. The molecule has 0 amide bonds. The number of carboxylic acids is 1. The van der Waals surface area contributed by atoms with Crippen LogP contribution in [0, 0.1) is 0 Å². The van der Waals surface area contributed by atoms with Crippen LogP contribution in [-0.4, -0.2) is 17.1 Å². The van der Waals surface area contributed by atoms with E-state index < -0.39 is 11.5 Å². The number of halogens is 1. The maximum atomic E-state index is 11.7. The fourth-order valence-corrected chi connectivity index (χ4v) is 2.47. The van der Waals surface area contributed by atoms with Gasteiger partial charge in [-0.05, 0) is 44.5 Å². The summed E-state index contributed by atoms with van der Waals surface area (Å²) < 4.78 is 6.67. The molecule has 2 unspecified atom stereocenters. The van der Waals surface area contributed by atoms with Gasteiger partial charge in [0.2, 0.25) is 0 Å². The van der Waals surface area contributed by atoms with Crippen molar-refractivity contribution < 1.29 is 14.3 Å². The predicted molar refractivity (Wildman–Crippen MR) is 81.8 cm³/mol. The molecule has 0 bridgehead atoms. The molecular formula is C15H18BrNO3. The highest BCUT2D eigenvalue weighted by molar-refractivity contribution is 9.10. The van der Waals surface area contributed by atoms with Crippen LogP contribution in [0.3, 0.4) is 0 Å². The van der Waals surface area contributed by atoms with Gasteiger partial charge >= 0.3 is 5.97 Å². The summed E-state index contributed by atoms with van der Waals surface area (Å²) in [6.45, 7) is 5.60. The van der Waals surface area contributed by atoms with Gasteiger partial charge in [-0.25, -0.2) is 4.79 Å². The van der Waals surface area contributed by atoms with Crippen LogP contribution in [0.25, 0.3) is 11.0 Å². The number of hydrogen-bond donors (Lipinski definition) is 2. The van der Waals surface area contributed by atoms with E-state index in [4.69, 9.17) is 4.42 Å². The van der Waals surface area contributed by atoms with Gasteiger partial charge in [0, 0.05) is 15.9 Å². The molecule has 108 valence electrons. The normalized spacial score (nSPS) is 16.0. The summed E-state index contributed by atoms with van der Waals surface area (Å²) in [7, 11) is 0. The highest BCUT2D eigenvalue weighted by Gasteiger charge is 2.39. The Balaban J connectivity index is 2.48. The Labute approximate surface area is 126 Å². The molecule has 0 saturated heterocycles. The van der Waals surface area contributed by atoms with Crippen molar-refractivity contribution in [2.24, 2.45) is 0 Å². The molecule has 2 atom stereocenters. The molecule has 0 aliphatic heterocycles. The molecule has 5 heteroatoms. The summed E-state index contributed by atoms with van der Waals surface area (Å²) in [4.78, 5) is 11.7. The Bertz CT molecular complexity index is 637. The van der Waals surface area contributed by atoms with E-state index in [2.05, 4.69) is 21.2 Å². The lowest BCUT2D eigenvalue weighted by atomic mass is 9.97. The lowest BCUT2D eigenvalue weighted by Crippen LogP contribution is -2.50. The fourth-order valence-electron chi connectivity index (χ4n) is 2.09. The molecule has 0 radical (unpaired) electrons. The maximum Gasteiger partial charge on any atom is 0.331 e. The standard InChI is InChI=1S/C15H18BrNO3/c1-4-9(2)17-15(3,14(18)19)13-8-10-7-11(16)5-6-12(10)20-13/h5-9,17H,4H2,1-3H3,(H,18,19). The molecule has 1 heterocycles. The Morgan fingerprint density at radius 1 is 1.50 bits per heavy atom. The van der Waals surface area contributed by atoms with E-state index in [9.17, 15) is 9.90 Å². The van der Waals surface area contributed by atoms with Crippen LogP contribution in [0.4, 0.5) is 0 Å². The van der Waals surface area contributed by atoms with Crippen molar-refractivity contribution in [1.29, 1.82) is 0 Å². The van der Waals surface area contributed by atoms with Crippen LogP contribution in [0.5, 0.6) is 0 Å². The zero-order valence-corrected chi connectivity index (χ0v) is 13.3. The molecular weight excluding hydrogens is 322 g/mol. The van der Waals surface area contributed by atoms with Gasteiger partial charge < -0.3 is 9.52 Å². The molecule has 2 N–H and O–H groups in total. The summed E-state index contributed by atoms with van der Waals surface area (Å²) in [6, 6.07) is 7.47. The van der Waals surface area contributed by atoms with Gasteiger partial charge in [-0.3, -0.25) is 5.32 Å². The highest BCUT2D eigenvalue weighted by Crippen LogP contribution is 2.30. The average molecular weight is 340 g/mol. The number of carbonyl (C=O) groups is 1. The number of fused-ring (bicyclic) bond motifs is 1. The number of benzene rings is 1. The SMILES string of the molecule is CCC(C)NC(C)(C(=O)O)c1cc2cc(Br)ccc2o1. The van der Waals surface area contributed by atoms with E-state index in [0.29, 0.717) is 11.3 Å². The van der Waals surface area contributed by atoms with Crippen molar-refractivity contribution in [3.8, 4) is 0 Å². The first-order valence-electron chi connectivity index (χ1n) is 6.57. The highest BCUT2D eigenvalue weighted by atomic mass is 79.9. The van der Waals surface area contributed by atoms with E-state index in [1.54, 1.807) is 13.0 Å². The summed E-state index contributed by atoms with van der Waals surface area (Å²) >= 11 is 3.40. The lowest BCUT2D eigenvalue weighted by molar-refractivity contribution is -0.145. The van der Waals surface area contributed by atoms with Crippen LogP contribution in [-0.2, 0) is 10.3 Å². The first kappa shape index (κ1) is 15.1. The van der Waals surface area contributed by atoms with Crippen molar-refractivity contribution in [2.45, 2.75) is 38.8 Å². The van der Waals surface area contributed by atoms with Gasteiger partial charge in [0.15, 0.2) is 5.54 Å². The van der Waals surface area contributed by atoms with Gasteiger partial charge in [0.05, 0.1) is 0 Å². The van der Waals surface area contributed by atoms with Crippen LogP contribution in [0.15, 0.2) is 33.2 Å². The smallest absolute Gasteiger partial charge is 0.331 e. The molecule has 0 spiro atoms. The van der Waals surface area contributed by atoms with Crippen molar-refractivity contribution >= 4 is 32.9 Å². The van der Waals surface area contributed by atoms with Crippen molar-refractivity contribution in [2.75, 3.05) is 0 Å². The van der Waals surface area contributed by atoms with Crippen LogP contribution in [0.1, 0.15) is 33.0 Å². The molecule has 1 aromatic heterocycles. The molecule has 0 fully saturated rings. The Kier molecular flexibility index (Phi) is 4.20. The molecule has 20 heavy (non-hydrogen) atoms. The van der Waals surface area contributed by atoms with E-state index >= 15 is 0 Å². The zero-order valence-electron chi connectivity index (χ0n) is 11.7. The predicted octanol–water partition coefficient (Wildman–Crippen LogP) is 3.88.